The molecule has 1 amide bonds. The van der Waals surface area contributed by atoms with Crippen molar-refractivity contribution in [2.45, 2.75) is 31.3 Å². The third-order valence-corrected chi connectivity index (χ3v) is 6.00. The number of hydrogen-bond donors (Lipinski definition) is 1. The van der Waals surface area contributed by atoms with Gasteiger partial charge in [0.05, 0.1) is 6.54 Å². The van der Waals surface area contributed by atoms with Crippen molar-refractivity contribution >= 4 is 6.09 Å². The van der Waals surface area contributed by atoms with Crippen LogP contribution in [0.4, 0.5) is 4.79 Å². The molecule has 5 nitrogen and oxygen atoms in total. The van der Waals surface area contributed by atoms with Crippen molar-refractivity contribution < 1.29 is 9.53 Å². The third kappa shape index (κ3) is 3.98. The van der Waals surface area contributed by atoms with E-state index in [0.717, 1.165) is 64.4 Å². The Hall–Kier alpha value is -1.59. The molecule has 0 unspecified atom stereocenters. The minimum Gasteiger partial charge on any atom is -0.441 e. The van der Waals surface area contributed by atoms with Gasteiger partial charge in [0.15, 0.2) is 0 Å². The van der Waals surface area contributed by atoms with E-state index >= 15 is 0 Å². The van der Waals surface area contributed by atoms with Crippen LogP contribution in [0.25, 0.3) is 0 Å². The lowest BCUT2D eigenvalue weighted by Gasteiger charge is -2.38. The van der Waals surface area contributed by atoms with Crippen LogP contribution >= 0.6 is 0 Å². The summed E-state index contributed by atoms with van der Waals surface area (Å²) in [6, 6.07) is 10.4. The summed E-state index contributed by atoms with van der Waals surface area (Å²) in [6.45, 7) is 7.13. The van der Waals surface area contributed by atoms with Gasteiger partial charge in [-0.3, -0.25) is 0 Å². The van der Waals surface area contributed by atoms with Crippen LogP contribution in [0.2, 0.25) is 0 Å². The van der Waals surface area contributed by atoms with Gasteiger partial charge in [0.25, 0.3) is 0 Å². The molecular formula is C20H29N3O2. The molecule has 1 aromatic rings. The first-order chi connectivity index (χ1) is 12.2. The molecule has 3 heterocycles. The lowest BCUT2D eigenvalue weighted by atomic mass is 9.90. The SMILES string of the molecule is O=C1OC2(CCN(C[C@@H]3CCNC3)CC2)CN1CCc1ccccc1. The van der Waals surface area contributed by atoms with Crippen molar-refractivity contribution in [1.29, 1.82) is 0 Å². The Bertz CT molecular complexity index is 578. The molecule has 136 valence electrons. The molecule has 1 N–H and O–H groups in total. The summed E-state index contributed by atoms with van der Waals surface area (Å²) in [4.78, 5) is 16.8. The summed E-state index contributed by atoms with van der Waals surface area (Å²) >= 11 is 0. The number of piperidine rings is 1. The van der Waals surface area contributed by atoms with E-state index in [1.165, 1.54) is 18.5 Å². The van der Waals surface area contributed by atoms with Crippen LogP contribution < -0.4 is 5.32 Å². The van der Waals surface area contributed by atoms with Crippen LogP contribution in [0.1, 0.15) is 24.8 Å². The molecule has 0 radical (unpaired) electrons. The van der Waals surface area contributed by atoms with Crippen molar-refractivity contribution in [3.05, 3.63) is 35.9 Å². The molecule has 1 spiro atoms. The van der Waals surface area contributed by atoms with E-state index in [4.69, 9.17) is 4.74 Å². The molecule has 25 heavy (non-hydrogen) atoms. The topological polar surface area (TPSA) is 44.8 Å². The normalized spacial score (nSPS) is 26.3. The van der Waals surface area contributed by atoms with Crippen molar-refractivity contribution in [2.75, 3.05) is 45.8 Å². The maximum atomic E-state index is 12.3. The van der Waals surface area contributed by atoms with Crippen LogP contribution in [0.3, 0.4) is 0 Å². The van der Waals surface area contributed by atoms with Gasteiger partial charge in [-0.25, -0.2) is 4.79 Å². The second-order valence-corrected chi connectivity index (χ2v) is 7.87. The highest BCUT2D eigenvalue weighted by atomic mass is 16.6. The second kappa shape index (κ2) is 7.34. The molecule has 0 aromatic heterocycles. The molecule has 0 bridgehead atoms. The fourth-order valence-electron chi connectivity index (χ4n) is 4.41. The van der Waals surface area contributed by atoms with Crippen molar-refractivity contribution in [2.24, 2.45) is 5.92 Å². The summed E-state index contributed by atoms with van der Waals surface area (Å²) in [5.41, 5.74) is 1.04. The first kappa shape index (κ1) is 16.9. The molecule has 1 aromatic carbocycles. The number of hydrogen-bond acceptors (Lipinski definition) is 4. The van der Waals surface area contributed by atoms with Crippen LogP contribution in [0.5, 0.6) is 0 Å². The number of nitrogens with zero attached hydrogens (tertiary/aromatic N) is 2. The van der Waals surface area contributed by atoms with E-state index in [1.807, 2.05) is 11.0 Å². The number of ether oxygens (including phenoxy) is 1. The van der Waals surface area contributed by atoms with Crippen LogP contribution in [-0.2, 0) is 11.2 Å². The number of carbonyl (C=O) groups is 1. The number of rotatable bonds is 5. The molecule has 0 aliphatic carbocycles. The fraction of sp³-hybridized carbons (Fsp3) is 0.650. The monoisotopic (exact) mass is 343 g/mol. The lowest BCUT2D eigenvalue weighted by Crippen LogP contribution is -2.48. The standard InChI is InChI=1S/C20H29N3O2/c24-19-23(11-7-17-4-2-1-3-5-17)16-20(25-19)8-12-22(13-9-20)15-18-6-10-21-14-18/h1-5,18,21H,6-16H2/t18-/m1/s1. The second-order valence-electron chi connectivity index (χ2n) is 7.87. The highest BCUT2D eigenvalue weighted by molar-refractivity contribution is 5.70. The van der Waals surface area contributed by atoms with Gasteiger partial charge in [-0.2, -0.15) is 0 Å². The van der Waals surface area contributed by atoms with E-state index in [1.54, 1.807) is 0 Å². The van der Waals surface area contributed by atoms with Gasteiger partial charge < -0.3 is 19.9 Å². The molecule has 0 saturated carbocycles. The number of carbonyl (C=O) groups excluding carboxylic acids is 1. The molecule has 4 rings (SSSR count). The smallest absolute Gasteiger partial charge is 0.410 e. The van der Waals surface area contributed by atoms with Crippen LogP contribution in [0.15, 0.2) is 30.3 Å². The lowest BCUT2D eigenvalue weighted by molar-refractivity contribution is -0.00208. The largest absolute Gasteiger partial charge is 0.441 e. The Morgan fingerprint density at radius 1 is 1.20 bits per heavy atom. The molecular weight excluding hydrogens is 314 g/mol. The summed E-state index contributed by atoms with van der Waals surface area (Å²) in [7, 11) is 0. The summed E-state index contributed by atoms with van der Waals surface area (Å²) in [5.74, 6) is 0.794. The minimum absolute atomic E-state index is 0.121. The highest BCUT2D eigenvalue weighted by Gasteiger charge is 2.46. The van der Waals surface area contributed by atoms with Gasteiger partial charge >= 0.3 is 6.09 Å². The number of nitrogens with one attached hydrogen (secondary N) is 1. The van der Waals surface area contributed by atoms with Gasteiger partial charge in [0.1, 0.15) is 5.60 Å². The first-order valence-corrected chi connectivity index (χ1v) is 9.67. The van der Waals surface area contributed by atoms with Gasteiger partial charge in [-0.1, -0.05) is 30.3 Å². The summed E-state index contributed by atoms with van der Waals surface area (Å²) in [6.07, 6.45) is 4.02. The Kier molecular flexibility index (Phi) is 4.95. The van der Waals surface area contributed by atoms with Crippen molar-refractivity contribution in [3.63, 3.8) is 0 Å². The quantitative estimate of drug-likeness (QED) is 0.890. The predicted octanol–water partition coefficient (Wildman–Crippen LogP) is 2.13. The minimum atomic E-state index is -0.238. The van der Waals surface area contributed by atoms with E-state index in [0.29, 0.717) is 0 Å². The van der Waals surface area contributed by atoms with Crippen LogP contribution in [0, 0.1) is 5.92 Å². The Morgan fingerprint density at radius 2 is 2.00 bits per heavy atom. The molecule has 5 heteroatoms. The average molecular weight is 343 g/mol. The van der Waals surface area contributed by atoms with Gasteiger partial charge in [0, 0.05) is 39.0 Å². The predicted molar refractivity (Wildman–Crippen MR) is 97.6 cm³/mol. The molecule has 3 aliphatic heterocycles. The zero-order valence-electron chi connectivity index (χ0n) is 15.0. The number of likely N-dealkylation sites (tertiary alicyclic amines) is 1. The number of benzene rings is 1. The fourth-order valence-corrected chi connectivity index (χ4v) is 4.41. The molecule has 3 saturated heterocycles. The van der Waals surface area contributed by atoms with Gasteiger partial charge in [-0.15, -0.1) is 0 Å². The van der Waals surface area contributed by atoms with Crippen LogP contribution in [-0.4, -0.2) is 67.3 Å². The Morgan fingerprint density at radius 3 is 2.72 bits per heavy atom. The van der Waals surface area contributed by atoms with E-state index < -0.39 is 0 Å². The third-order valence-electron chi connectivity index (χ3n) is 6.00. The van der Waals surface area contributed by atoms with E-state index in [9.17, 15) is 4.79 Å². The first-order valence-electron chi connectivity index (χ1n) is 9.67. The van der Waals surface area contributed by atoms with Crippen molar-refractivity contribution in [1.82, 2.24) is 15.1 Å². The zero-order valence-corrected chi connectivity index (χ0v) is 15.0. The molecule has 1 atom stereocenters. The number of amides is 1. The Balaban J connectivity index is 1.27. The van der Waals surface area contributed by atoms with Gasteiger partial charge in [0.2, 0.25) is 0 Å². The summed E-state index contributed by atoms with van der Waals surface area (Å²) in [5, 5.41) is 3.45. The van der Waals surface area contributed by atoms with E-state index in [2.05, 4.69) is 34.5 Å². The average Bonchev–Trinajstić information content (AvgIpc) is 3.24. The van der Waals surface area contributed by atoms with Gasteiger partial charge in [-0.05, 0) is 37.4 Å². The van der Waals surface area contributed by atoms with Crippen molar-refractivity contribution in [3.8, 4) is 0 Å². The highest BCUT2D eigenvalue weighted by Crippen LogP contribution is 2.33. The summed E-state index contributed by atoms with van der Waals surface area (Å²) < 4.78 is 5.86. The maximum absolute atomic E-state index is 12.3. The maximum Gasteiger partial charge on any atom is 0.410 e. The molecule has 3 fully saturated rings. The zero-order chi connectivity index (χ0) is 17.1. The molecule has 3 aliphatic rings. The van der Waals surface area contributed by atoms with E-state index in [-0.39, 0.29) is 11.7 Å². The Labute approximate surface area is 150 Å².